The van der Waals surface area contributed by atoms with Crippen molar-refractivity contribution in [3.8, 4) is 0 Å². The molecule has 2 aliphatic rings. The molecule has 2 atom stereocenters. The Kier molecular flexibility index (Phi) is 7.30. The molecule has 2 N–H and O–H groups in total. The van der Waals surface area contributed by atoms with Crippen LogP contribution < -0.4 is 10.0 Å². The zero-order valence-electron chi connectivity index (χ0n) is 16.1. The number of nitrogens with one attached hydrogen (secondary N) is 2. The predicted molar refractivity (Wildman–Crippen MR) is 109 cm³/mol. The summed E-state index contributed by atoms with van der Waals surface area (Å²) in [6, 6.07) is 7.53. The minimum Gasteiger partial charge on any atom is -0.339 e. The van der Waals surface area contributed by atoms with E-state index in [-0.39, 0.29) is 35.2 Å². The fourth-order valence-electron chi connectivity index (χ4n) is 3.85. The minimum absolute atomic E-state index is 0. The number of fused-ring (bicyclic) bond motifs is 2. The van der Waals surface area contributed by atoms with Gasteiger partial charge in [-0.3, -0.25) is 4.79 Å². The molecule has 2 heterocycles. The third kappa shape index (κ3) is 5.22. The maximum atomic E-state index is 12.8. The van der Waals surface area contributed by atoms with Crippen LogP contribution in [0.5, 0.6) is 0 Å². The molecular formula is C19H30ClN3O3S. The molecule has 1 aromatic carbocycles. The number of carbonyl (C=O) groups excluding carboxylic acids is 1. The average Bonchev–Trinajstić information content (AvgIpc) is 2.96. The maximum Gasteiger partial charge on any atom is 0.253 e. The summed E-state index contributed by atoms with van der Waals surface area (Å²) in [7, 11) is -1.67. The molecule has 0 aliphatic carbocycles. The summed E-state index contributed by atoms with van der Waals surface area (Å²) in [5, 5.41) is 3.59. The van der Waals surface area contributed by atoms with Gasteiger partial charge in [0, 0.05) is 37.3 Å². The second kappa shape index (κ2) is 8.90. The molecule has 2 bridgehead atoms. The fraction of sp³-hybridized carbons (Fsp3) is 0.632. The minimum atomic E-state index is -3.53. The van der Waals surface area contributed by atoms with Crippen LogP contribution in [0.15, 0.2) is 29.2 Å². The first-order valence-electron chi connectivity index (χ1n) is 9.39. The van der Waals surface area contributed by atoms with Crippen molar-refractivity contribution in [3.63, 3.8) is 0 Å². The number of amides is 1. The summed E-state index contributed by atoms with van der Waals surface area (Å²) in [6.45, 7) is 4.30. The first-order chi connectivity index (χ1) is 12.3. The Labute approximate surface area is 168 Å². The van der Waals surface area contributed by atoms with Crippen LogP contribution in [0.2, 0.25) is 0 Å². The van der Waals surface area contributed by atoms with Crippen molar-refractivity contribution in [2.45, 2.75) is 62.6 Å². The van der Waals surface area contributed by atoms with Gasteiger partial charge in [0.15, 0.2) is 0 Å². The van der Waals surface area contributed by atoms with E-state index in [1.807, 2.05) is 25.8 Å². The van der Waals surface area contributed by atoms with Crippen molar-refractivity contribution >= 4 is 28.3 Å². The van der Waals surface area contributed by atoms with Gasteiger partial charge in [0.05, 0.1) is 4.90 Å². The lowest BCUT2D eigenvalue weighted by Crippen LogP contribution is -2.48. The van der Waals surface area contributed by atoms with Gasteiger partial charge in [-0.2, -0.15) is 0 Å². The van der Waals surface area contributed by atoms with E-state index in [2.05, 4.69) is 10.0 Å². The Hall–Kier alpha value is -1.15. The molecule has 0 aromatic heterocycles. The van der Waals surface area contributed by atoms with E-state index in [0.717, 1.165) is 12.8 Å². The second-order valence-corrected chi connectivity index (χ2v) is 9.72. The highest BCUT2D eigenvalue weighted by Gasteiger charge is 2.36. The lowest BCUT2D eigenvalue weighted by molar-refractivity contribution is 0.0681. The van der Waals surface area contributed by atoms with E-state index in [4.69, 9.17) is 0 Å². The summed E-state index contributed by atoms with van der Waals surface area (Å²) in [6.07, 6.45) is 4.37. The highest BCUT2D eigenvalue weighted by atomic mass is 35.5. The summed E-state index contributed by atoms with van der Waals surface area (Å²) in [5.41, 5.74) is 0.529. The zero-order valence-corrected chi connectivity index (χ0v) is 17.8. The summed E-state index contributed by atoms with van der Waals surface area (Å²) in [4.78, 5) is 14.8. The SMILES string of the molecule is CC(C)CNS(=O)(=O)c1ccc(C(=O)N(C)C2CC3CCC(C2)N3)cc1.Cl. The molecule has 1 amide bonds. The largest absolute Gasteiger partial charge is 0.339 e. The Morgan fingerprint density at radius 1 is 1.19 bits per heavy atom. The molecular weight excluding hydrogens is 386 g/mol. The van der Waals surface area contributed by atoms with Crippen molar-refractivity contribution in [1.82, 2.24) is 14.9 Å². The van der Waals surface area contributed by atoms with Crippen molar-refractivity contribution in [1.29, 1.82) is 0 Å². The van der Waals surface area contributed by atoms with Gasteiger partial charge in [-0.05, 0) is 55.9 Å². The first kappa shape index (κ1) is 22.1. The molecule has 2 aliphatic heterocycles. The lowest BCUT2D eigenvalue weighted by Gasteiger charge is -2.35. The van der Waals surface area contributed by atoms with Crippen molar-refractivity contribution in [3.05, 3.63) is 29.8 Å². The van der Waals surface area contributed by atoms with Gasteiger partial charge in [0.25, 0.3) is 5.91 Å². The molecule has 0 spiro atoms. The third-order valence-corrected chi connectivity index (χ3v) is 6.85. The Morgan fingerprint density at radius 2 is 1.74 bits per heavy atom. The highest BCUT2D eigenvalue weighted by Crippen LogP contribution is 2.29. The van der Waals surface area contributed by atoms with E-state index in [1.54, 1.807) is 12.1 Å². The van der Waals surface area contributed by atoms with E-state index in [1.165, 1.54) is 25.0 Å². The normalized spacial score (nSPS) is 24.5. The summed E-state index contributed by atoms with van der Waals surface area (Å²) >= 11 is 0. The molecule has 2 saturated heterocycles. The summed E-state index contributed by atoms with van der Waals surface area (Å²) in [5.74, 6) is 0.190. The van der Waals surface area contributed by atoms with E-state index in [9.17, 15) is 13.2 Å². The van der Waals surface area contributed by atoms with Gasteiger partial charge in [-0.1, -0.05) is 13.8 Å². The standard InChI is InChI=1S/C19H29N3O3S.ClH/c1-13(2)12-20-26(24,25)18-8-4-14(5-9-18)19(23)22(3)17-10-15-6-7-16(11-17)21-15;/h4-5,8-9,13,15-17,20-21H,6-7,10-12H2,1-3H3;1H. The van der Waals surface area contributed by atoms with Crippen LogP contribution in [-0.2, 0) is 10.0 Å². The quantitative estimate of drug-likeness (QED) is 0.747. The van der Waals surface area contributed by atoms with Crippen LogP contribution in [0.4, 0.5) is 0 Å². The number of hydrogen-bond donors (Lipinski definition) is 2. The van der Waals surface area contributed by atoms with E-state index >= 15 is 0 Å². The lowest BCUT2D eigenvalue weighted by atomic mass is 9.98. The Bertz CT molecular complexity index is 740. The molecule has 152 valence electrons. The molecule has 0 saturated carbocycles. The van der Waals surface area contributed by atoms with Crippen LogP contribution in [0.1, 0.15) is 49.9 Å². The van der Waals surface area contributed by atoms with Crippen LogP contribution in [0.25, 0.3) is 0 Å². The third-order valence-electron chi connectivity index (χ3n) is 5.41. The van der Waals surface area contributed by atoms with E-state index in [0.29, 0.717) is 24.2 Å². The summed E-state index contributed by atoms with van der Waals surface area (Å²) < 4.78 is 27.1. The predicted octanol–water partition coefficient (Wildman–Crippen LogP) is 2.40. The molecule has 2 fully saturated rings. The number of carbonyl (C=O) groups is 1. The monoisotopic (exact) mass is 415 g/mol. The van der Waals surface area contributed by atoms with Gasteiger partial charge in [0.1, 0.15) is 0 Å². The van der Waals surface area contributed by atoms with Crippen LogP contribution >= 0.6 is 12.4 Å². The number of benzene rings is 1. The molecule has 8 heteroatoms. The molecule has 0 radical (unpaired) electrons. The Balaban J connectivity index is 0.00000261. The number of piperidine rings is 1. The van der Waals surface area contributed by atoms with Crippen LogP contribution in [0, 0.1) is 5.92 Å². The number of halogens is 1. The van der Waals surface area contributed by atoms with Crippen molar-refractivity contribution < 1.29 is 13.2 Å². The number of nitrogens with zero attached hydrogens (tertiary/aromatic N) is 1. The average molecular weight is 416 g/mol. The zero-order chi connectivity index (χ0) is 18.9. The molecule has 1 aromatic rings. The topological polar surface area (TPSA) is 78.5 Å². The number of hydrogen-bond acceptors (Lipinski definition) is 4. The first-order valence-corrected chi connectivity index (χ1v) is 10.9. The smallest absolute Gasteiger partial charge is 0.253 e. The van der Waals surface area contributed by atoms with Crippen LogP contribution in [-0.4, -0.2) is 50.9 Å². The van der Waals surface area contributed by atoms with E-state index < -0.39 is 10.0 Å². The fourth-order valence-corrected chi connectivity index (χ4v) is 5.06. The van der Waals surface area contributed by atoms with Crippen LogP contribution in [0.3, 0.4) is 0 Å². The number of rotatable bonds is 6. The van der Waals surface area contributed by atoms with Gasteiger partial charge < -0.3 is 10.2 Å². The molecule has 27 heavy (non-hydrogen) atoms. The molecule has 3 rings (SSSR count). The van der Waals surface area contributed by atoms with Gasteiger partial charge >= 0.3 is 0 Å². The van der Waals surface area contributed by atoms with Crippen molar-refractivity contribution in [2.75, 3.05) is 13.6 Å². The molecule has 2 unspecified atom stereocenters. The molecule has 6 nitrogen and oxygen atoms in total. The highest BCUT2D eigenvalue weighted by molar-refractivity contribution is 7.89. The van der Waals surface area contributed by atoms with Crippen molar-refractivity contribution in [2.24, 2.45) is 5.92 Å². The van der Waals surface area contributed by atoms with Gasteiger partial charge in [-0.25, -0.2) is 13.1 Å². The second-order valence-electron chi connectivity index (χ2n) is 7.95. The Morgan fingerprint density at radius 3 is 2.26 bits per heavy atom. The number of sulfonamides is 1. The van der Waals surface area contributed by atoms with Gasteiger partial charge in [0.2, 0.25) is 10.0 Å². The maximum absolute atomic E-state index is 12.8. The van der Waals surface area contributed by atoms with Gasteiger partial charge in [-0.15, -0.1) is 12.4 Å².